The van der Waals surface area contributed by atoms with Gasteiger partial charge in [-0.25, -0.2) is 0 Å². The number of halogens is 2. The van der Waals surface area contributed by atoms with Crippen LogP contribution in [0, 0.1) is 0 Å². The molecule has 0 spiro atoms. The Morgan fingerprint density at radius 1 is 1.50 bits per heavy atom. The average Bonchev–Trinajstić information content (AvgIpc) is 2.20. The normalized spacial score (nSPS) is 13.9. The van der Waals surface area contributed by atoms with Crippen LogP contribution in [0.1, 0.15) is 26.3 Å². The highest BCUT2D eigenvalue weighted by molar-refractivity contribution is 9.10. The van der Waals surface area contributed by atoms with Gasteiger partial charge in [-0.05, 0) is 54.4 Å². The number of rotatable bonds is 4. The van der Waals surface area contributed by atoms with E-state index >= 15 is 0 Å². The number of hydrogen-bond acceptors (Lipinski definition) is 2. The predicted molar refractivity (Wildman–Crippen MR) is 71.8 cm³/mol. The lowest BCUT2D eigenvalue weighted by atomic mass is 9.98. The lowest BCUT2D eigenvalue weighted by Gasteiger charge is -2.29. The van der Waals surface area contributed by atoms with Gasteiger partial charge >= 0.3 is 0 Å². The summed E-state index contributed by atoms with van der Waals surface area (Å²) in [6.07, 6.45) is -0.400. The minimum Gasteiger partial charge on any atom is -0.392 e. The van der Waals surface area contributed by atoms with Gasteiger partial charge in [0.1, 0.15) is 0 Å². The van der Waals surface area contributed by atoms with E-state index in [-0.39, 0.29) is 5.54 Å². The average molecular weight is 307 g/mol. The summed E-state index contributed by atoms with van der Waals surface area (Å²) in [5.41, 5.74) is 0.830. The smallest absolute Gasteiger partial charge is 0.0688 e. The van der Waals surface area contributed by atoms with Crippen LogP contribution >= 0.6 is 27.5 Å². The van der Waals surface area contributed by atoms with Crippen molar-refractivity contribution >= 4 is 27.5 Å². The van der Waals surface area contributed by atoms with Gasteiger partial charge in [0.25, 0.3) is 0 Å². The third kappa shape index (κ3) is 3.74. The molecule has 1 rings (SSSR count). The second-order valence-electron chi connectivity index (χ2n) is 4.50. The lowest BCUT2D eigenvalue weighted by molar-refractivity contribution is 0.0956. The molecule has 0 saturated heterocycles. The highest BCUT2D eigenvalue weighted by Crippen LogP contribution is 2.23. The Kier molecular flexibility index (Phi) is 4.80. The molecule has 4 heteroatoms. The van der Waals surface area contributed by atoms with E-state index in [0.717, 1.165) is 10.0 Å². The van der Waals surface area contributed by atoms with E-state index in [2.05, 4.69) is 21.2 Å². The monoisotopic (exact) mass is 305 g/mol. The van der Waals surface area contributed by atoms with Gasteiger partial charge in [-0.2, -0.15) is 0 Å². The van der Waals surface area contributed by atoms with Crippen molar-refractivity contribution in [3.05, 3.63) is 33.3 Å². The zero-order chi connectivity index (χ0) is 12.3. The summed E-state index contributed by atoms with van der Waals surface area (Å²) in [7, 11) is 0. The Hall–Kier alpha value is -0.0900. The summed E-state index contributed by atoms with van der Waals surface area (Å²) in [6, 6.07) is 5.81. The van der Waals surface area contributed by atoms with Crippen molar-refractivity contribution in [1.82, 2.24) is 5.32 Å². The van der Waals surface area contributed by atoms with Crippen molar-refractivity contribution in [2.24, 2.45) is 0 Å². The fourth-order valence-corrected chi connectivity index (χ4v) is 1.67. The summed E-state index contributed by atoms with van der Waals surface area (Å²) in [5, 5.41) is 13.6. The van der Waals surface area contributed by atoms with Gasteiger partial charge in [0, 0.05) is 16.6 Å². The molecule has 16 heavy (non-hydrogen) atoms. The van der Waals surface area contributed by atoms with Gasteiger partial charge in [0.2, 0.25) is 0 Å². The molecular formula is C12H17BrClNO. The first-order valence-electron chi connectivity index (χ1n) is 5.20. The first-order valence-corrected chi connectivity index (χ1v) is 6.37. The highest BCUT2D eigenvalue weighted by atomic mass is 79.9. The molecule has 0 radical (unpaired) electrons. The molecule has 2 nitrogen and oxygen atoms in total. The summed E-state index contributed by atoms with van der Waals surface area (Å²) in [6.45, 7) is 6.43. The molecular weight excluding hydrogens is 289 g/mol. The molecule has 1 atom stereocenters. The van der Waals surface area contributed by atoms with Crippen LogP contribution in [0.5, 0.6) is 0 Å². The molecule has 0 aromatic heterocycles. The van der Waals surface area contributed by atoms with Crippen LogP contribution in [-0.4, -0.2) is 16.7 Å². The van der Waals surface area contributed by atoms with E-state index in [1.807, 2.05) is 32.0 Å². The first kappa shape index (κ1) is 14.0. The van der Waals surface area contributed by atoms with Gasteiger partial charge in [-0.15, -0.1) is 0 Å². The van der Waals surface area contributed by atoms with Crippen molar-refractivity contribution in [3.8, 4) is 0 Å². The SMILES string of the molecule is CC(O)C(C)(C)NCc1ccc(Cl)c(Br)c1. The van der Waals surface area contributed by atoms with Crippen LogP contribution in [-0.2, 0) is 6.54 Å². The van der Waals surface area contributed by atoms with Crippen LogP contribution in [0.25, 0.3) is 0 Å². The number of benzene rings is 1. The van der Waals surface area contributed by atoms with Crippen molar-refractivity contribution in [3.63, 3.8) is 0 Å². The van der Waals surface area contributed by atoms with Crippen molar-refractivity contribution < 1.29 is 5.11 Å². The van der Waals surface area contributed by atoms with Crippen molar-refractivity contribution in [1.29, 1.82) is 0 Å². The van der Waals surface area contributed by atoms with Crippen LogP contribution in [0.4, 0.5) is 0 Å². The van der Waals surface area contributed by atoms with E-state index in [9.17, 15) is 5.11 Å². The third-order valence-electron chi connectivity index (χ3n) is 2.78. The maximum atomic E-state index is 9.56. The molecule has 0 bridgehead atoms. The molecule has 0 fully saturated rings. The van der Waals surface area contributed by atoms with Crippen LogP contribution in [0.15, 0.2) is 22.7 Å². The maximum absolute atomic E-state index is 9.56. The largest absolute Gasteiger partial charge is 0.392 e. The van der Waals surface area contributed by atoms with E-state index in [0.29, 0.717) is 11.6 Å². The summed E-state index contributed by atoms with van der Waals surface area (Å²) < 4.78 is 0.892. The summed E-state index contributed by atoms with van der Waals surface area (Å²) >= 11 is 9.30. The molecule has 1 aromatic carbocycles. The Bertz CT molecular complexity index is 366. The maximum Gasteiger partial charge on any atom is 0.0688 e. The predicted octanol–water partition coefficient (Wildman–Crippen LogP) is 3.35. The van der Waals surface area contributed by atoms with Crippen molar-refractivity contribution in [2.45, 2.75) is 39.0 Å². The molecule has 0 amide bonds. The second-order valence-corrected chi connectivity index (χ2v) is 5.76. The Labute approximate surface area is 110 Å². The van der Waals surface area contributed by atoms with E-state index in [4.69, 9.17) is 11.6 Å². The third-order valence-corrected chi connectivity index (χ3v) is 3.99. The number of hydrogen-bond donors (Lipinski definition) is 2. The fraction of sp³-hybridized carbons (Fsp3) is 0.500. The summed E-state index contributed by atoms with van der Waals surface area (Å²) in [4.78, 5) is 0. The fourth-order valence-electron chi connectivity index (χ4n) is 1.13. The molecule has 0 saturated carbocycles. The zero-order valence-corrected chi connectivity index (χ0v) is 12.1. The van der Waals surface area contributed by atoms with E-state index in [1.54, 1.807) is 6.92 Å². The molecule has 0 aliphatic heterocycles. The van der Waals surface area contributed by atoms with E-state index in [1.165, 1.54) is 0 Å². The zero-order valence-electron chi connectivity index (χ0n) is 9.72. The van der Waals surface area contributed by atoms with Gasteiger partial charge in [0.05, 0.1) is 11.1 Å². The molecule has 0 aliphatic carbocycles. The van der Waals surface area contributed by atoms with Gasteiger partial charge in [0.15, 0.2) is 0 Å². The molecule has 90 valence electrons. The van der Waals surface area contributed by atoms with Crippen LogP contribution < -0.4 is 5.32 Å². The minimum atomic E-state index is -0.400. The Balaban J connectivity index is 2.65. The number of aliphatic hydroxyl groups excluding tert-OH is 1. The molecule has 0 heterocycles. The number of aliphatic hydroxyl groups is 1. The van der Waals surface area contributed by atoms with Gasteiger partial charge < -0.3 is 10.4 Å². The summed E-state index contributed by atoms with van der Waals surface area (Å²) in [5.74, 6) is 0. The molecule has 1 unspecified atom stereocenters. The van der Waals surface area contributed by atoms with Gasteiger partial charge in [-0.1, -0.05) is 17.7 Å². The highest BCUT2D eigenvalue weighted by Gasteiger charge is 2.22. The van der Waals surface area contributed by atoms with E-state index < -0.39 is 6.10 Å². The number of nitrogens with one attached hydrogen (secondary N) is 1. The Morgan fingerprint density at radius 2 is 2.12 bits per heavy atom. The molecule has 1 aromatic rings. The quantitative estimate of drug-likeness (QED) is 0.894. The topological polar surface area (TPSA) is 32.3 Å². The Morgan fingerprint density at radius 3 is 2.62 bits per heavy atom. The van der Waals surface area contributed by atoms with Crippen molar-refractivity contribution in [2.75, 3.05) is 0 Å². The van der Waals surface area contributed by atoms with Crippen LogP contribution in [0.3, 0.4) is 0 Å². The molecule has 2 N–H and O–H groups in total. The van der Waals surface area contributed by atoms with Gasteiger partial charge in [-0.3, -0.25) is 0 Å². The second kappa shape index (κ2) is 5.50. The standard InChI is InChI=1S/C12H17BrClNO/c1-8(16)12(2,3)15-7-9-4-5-11(14)10(13)6-9/h4-6,8,15-16H,7H2,1-3H3. The minimum absolute atomic E-state index is 0.299. The van der Waals surface area contributed by atoms with Crippen LogP contribution in [0.2, 0.25) is 5.02 Å². The first-order chi connectivity index (χ1) is 7.33. The lowest BCUT2D eigenvalue weighted by Crippen LogP contribution is -2.47. The molecule has 0 aliphatic rings.